The van der Waals surface area contributed by atoms with Crippen molar-refractivity contribution in [2.24, 2.45) is 0 Å². The Hall–Kier alpha value is -2.24. The lowest BCUT2D eigenvalue weighted by Crippen LogP contribution is -2.56. The molecular formula is C9H9N3O3. The average Bonchev–Trinajstić information content (AvgIpc) is 2.17. The van der Waals surface area contributed by atoms with Gasteiger partial charge in [-0.1, -0.05) is 12.1 Å². The lowest BCUT2D eigenvalue weighted by Gasteiger charge is -2.25. The van der Waals surface area contributed by atoms with Gasteiger partial charge in [-0.15, -0.1) is 0 Å². The number of phenols is 1. The predicted molar refractivity (Wildman–Crippen MR) is 51.0 cm³/mol. The van der Waals surface area contributed by atoms with Gasteiger partial charge in [-0.2, -0.15) is 0 Å². The number of carbonyl (C=O) groups excluding carboxylic acids is 2. The highest BCUT2D eigenvalue weighted by Crippen LogP contribution is 2.15. The lowest BCUT2D eigenvalue weighted by molar-refractivity contribution is 0.209. The Morgan fingerprint density at radius 3 is 2.07 bits per heavy atom. The summed E-state index contributed by atoms with van der Waals surface area (Å²) in [7, 11) is 0. The van der Waals surface area contributed by atoms with Crippen molar-refractivity contribution in [2.45, 2.75) is 6.17 Å². The van der Waals surface area contributed by atoms with Gasteiger partial charge in [0.2, 0.25) is 0 Å². The van der Waals surface area contributed by atoms with Gasteiger partial charge in [-0.3, -0.25) is 5.32 Å². The highest BCUT2D eigenvalue weighted by Gasteiger charge is 2.23. The van der Waals surface area contributed by atoms with Crippen molar-refractivity contribution in [3.63, 3.8) is 0 Å². The molecule has 1 saturated heterocycles. The van der Waals surface area contributed by atoms with E-state index in [-0.39, 0.29) is 5.75 Å². The van der Waals surface area contributed by atoms with Crippen molar-refractivity contribution in [2.75, 3.05) is 0 Å². The Bertz CT molecular complexity index is 386. The summed E-state index contributed by atoms with van der Waals surface area (Å²) in [6.45, 7) is 0. The molecule has 1 heterocycles. The summed E-state index contributed by atoms with van der Waals surface area (Å²) in [4.78, 5) is 22.0. The van der Waals surface area contributed by atoms with Crippen LogP contribution in [0.15, 0.2) is 24.3 Å². The molecular weight excluding hydrogens is 198 g/mol. The minimum absolute atomic E-state index is 0.130. The molecule has 15 heavy (non-hydrogen) atoms. The second-order valence-electron chi connectivity index (χ2n) is 3.10. The molecule has 1 aliphatic rings. The van der Waals surface area contributed by atoms with E-state index < -0.39 is 18.2 Å². The Morgan fingerprint density at radius 1 is 1.00 bits per heavy atom. The van der Waals surface area contributed by atoms with Crippen molar-refractivity contribution in [3.05, 3.63) is 29.8 Å². The maximum Gasteiger partial charge on any atom is 0.324 e. The Kier molecular flexibility index (Phi) is 2.17. The second-order valence-corrected chi connectivity index (χ2v) is 3.10. The molecule has 0 spiro atoms. The molecule has 1 aromatic rings. The number of aromatic hydroxyl groups is 1. The molecule has 0 atom stereocenters. The number of benzene rings is 1. The van der Waals surface area contributed by atoms with Crippen molar-refractivity contribution < 1.29 is 14.7 Å². The Labute approximate surface area is 85.3 Å². The van der Waals surface area contributed by atoms with Gasteiger partial charge >= 0.3 is 12.1 Å². The van der Waals surface area contributed by atoms with E-state index in [1.807, 2.05) is 5.32 Å². The molecule has 1 fully saturated rings. The van der Waals surface area contributed by atoms with Gasteiger partial charge in [-0.05, 0) is 17.7 Å². The topological polar surface area (TPSA) is 90.5 Å². The largest absolute Gasteiger partial charge is 0.508 e. The van der Waals surface area contributed by atoms with Gasteiger partial charge in [0.1, 0.15) is 11.9 Å². The molecule has 6 heteroatoms. The molecule has 0 aliphatic carbocycles. The van der Waals surface area contributed by atoms with Crippen molar-refractivity contribution in [3.8, 4) is 5.75 Å². The highest BCUT2D eigenvalue weighted by molar-refractivity contribution is 5.96. The van der Waals surface area contributed by atoms with Gasteiger partial charge < -0.3 is 15.7 Å². The number of nitrogens with one attached hydrogen (secondary N) is 3. The van der Waals surface area contributed by atoms with Crippen LogP contribution in [0.4, 0.5) is 9.59 Å². The van der Waals surface area contributed by atoms with Crippen LogP contribution in [0.2, 0.25) is 0 Å². The third-order valence-corrected chi connectivity index (χ3v) is 2.00. The zero-order chi connectivity index (χ0) is 10.8. The van der Waals surface area contributed by atoms with E-state index in [0.717, 1.165) is 0 Å². The first-order valence-corrected chi connectivity index (χ1v) is 4.32. The molecule has 2 rings (SSSR count). The van der Waals surface area contributed by atoms with Gasteiger partial charge in [0, 0.05) is 0 Å². The van der Waals surface area contributed by atoms with Crippen LogP contribution >= 0.6 is 0 Å². The SMILES string of the molecule is O=C1NC(=O)NC(c2ccc(O)cc2)N1. The summed E-state index contributed by atoms with van der Waals surface area (Å²) in [5.74, 6) is 0.130. The van der Waals surface area contributed by atoms with E-state index in [1.165, 1.54) is 12.1 Å². The normalized spacial score (nSPS) is 16.5. The maximum atomic E-state index is 11.0. The zero-order valence-corrected chi connectivity index (χ0v) is 7.65. The quantitative estimate of drug-likeness (QED) is 0.537. The van der Waals surface area contributed by atoms with Crippen LogP contribution in [0.3, 0.4) is 0 Å². The van der Waals surface area contributed by atoms with E-state index >= 15 is 0 Å². The summed E-state index contributed by atoms with van der Waals surface area (Å²) in [6.07, 6.45) is -0.563. The Morgan fingerprint density at radius 2 is 1.53 bits per heavy atom. The summed E-state index contributed by atoms with van der Waals surface area (Å²) in [5.41, 5.74) is 0.691. The van der Waals surface area contributed by atoms with E-state index in [2.05, 4.69) is 10.6 Å². The number of phenolic OH excluding ortho intramolecular Hbond substituents is 1. The molecule has 1 aliphatic heterocycles. The second kappa shape index (κ2) is 3.49. The van der Waals surface area contributed by atoms with Crippen LogP contribution in [0.5, 0.6) is 5.75 Å². The predicted octanol–water partition coefficient (Wildman–Crippen LogP) is 0.413. The van der Waals surface area contributed by atoms with Crippen LogP contribution in [0.25, 0.3) is 0 Å². The van der Waals surface area contributed by atoms with Crippen molar-refractivity contribution in [1.82, 2.24) is 16.0 Å². The molecule has 0 unspecified atom stereocenters. The smallest absolute Gasteiger partial charge is 0.324 e. The fourth-order valence-corrected chi connectivity index (χ4v) is 1.31. The number of carbonyl (C=O) groups is 2. The first kappa shape index (κ1) is 9.32. The van der Waals surface area contributed by atoms with Gasteiger partial charge in [0.25, 0.3) is 0 Å². The number of rotatable bonds is 1. The van der Waals surface area contributed by atoms with Crippen LogP contribution in [-0.4, -0.2) is 17.2 Å². The molecule has 0 saturated carbocycles. The van der Waals surface area contributed by atoms with Gasteiger partial charge in [-0.25, -0.2) is 9.59 Å². The fraction of sp³-hybridized carbons (Fsp3) is 0.111. The van der Waals surface area contributed by atoms with Crippen molar-refractivity contribution in [1.29, 1.82) is 0 Å². The average molecular weight is 207 g/mol. The van der Waals surface area contributed by atoms with Crippen molar-refractivity contribution >= 4 is 12.1 Å². The van der Waals surface area contributed by atoms with Crippen LogP contribution in [0.1, 0.15) is 11.7 Å². The fourth-order valence-electron chi connectivity index (χ4n) is 1.31. The molecule has 4 N–H and O–H groups in total. The third-order valence-electron chi connectivity index (χ3n) is 2.00. The number of hydrogen-bond donors (Lipinski definition) is 4. The van der Waals surface area contributed by atoms with Gasteiger partial charge in [0.05, 0.1) is 0 Å². The number of amides is 4. The first-order valence-electron chi connectivity index (χ1n) is 4.32. The highest BCUT2D eigenvalue weighted by atomic mass is 16.3. The molecule has 6 nitrogen and oxygen atoms in total. The standard InChI is InChI=1S/C9H9N3O3/c13-6-3-1-5(2-4-6)7-10-8(14)12-9(15)11-7/h1-4,7,13H,(H3,10,11,12,14,15). The van der Waals surface area contributed by atoms with Gasteiger partial charge in [0.15, 0.2) is 0 Å². The lowest BCUT2D eigenvalue weighted by atomic mass is 10.1. The van der Waals surface area contributed by atoms with E-state index in [1.54, 1.807) is 12.1 Å². The minimum Gasteiger partial charge on any atom is -0.508 e. The summed E-state index contributed by atoms with van der Waals surface area (Å²) in [6, 6.07) is 5.11. The summed E-state index contributed by atoms with van der Waals surface area (Å²) < 4.78 is 0. The maximum absolute atomic E-state index is 11.0. The number of hydrogen-bond acceptors (Lipinski definition) is 3. The summed E-state index contributed by atoms with van der Waals surface area (Å²) in [5, 5.41) is 16.2. The molecule has 0 radical (unpaired) electrons. The summed E-state index contributed by atoms with van der Waals surface area (Å²) >= 11 is 0. The Balaban J connectivity index is 2.19. The zero-order valence-electron chi connectivity index (χ0n) is 7.65. The minimum atomic E-state index is -0.563. The molecule has 1 aromatic carbocycles. The van der Waals surface area contributed by atoms with Crippen LogP contribution in [0, 0.1) is 0 Å². The van der Waals surface area contributed by atoms with Crippen LogP contribution in [-0.2, 0) is 0 Å². The molecule has 0 aromatic heterocycles. The monoisotopic (exact) mass is 207 g/mol. The molecule has 78 valence electrons. The number of imide groups is 1. The number of urea groups is 2. The molecule has 4 amide bonds. The molecule has 0 bridgehead atoms. The van der Waals surface area contributed by atoms with Crippen LogP contribution < -0.4 is 16.0 Å². The first-order chi connectivity index (χ1) is 7.15. The van der Waals surface area contributed by atoms with E-state index in [4.69, 9.17) is 5.11 Å². The third kappa shape index (κ3) is 1.98. The van der Waals surface area contributed by atoms with E-state index in [9.17, 15) is 9.59 Å². The van der Waals surface area contributed by atoms with E-state index in [0.29, 0.717) is 5.56 Å².